The van der Waals surface area contributed by atoms with Crippen molar-refractivity contribution in [1.29, 1.82) is 0 Å². The molecule has 37 heavy (non-hydrogen) atoms. The van der Waals surface area contributed by atoms with Crippen molar-refractivity contribution in [2.45, 2.75) is 26.4 Å². The van der Waals surface area contributed by atoms with Crippen LogP contribution in [-0.4, -0.2) is 29.6 Å². The number of benzene rings is 4. The molecule has 6 rings (SSSR count). The Bertz CT molecular complexity index is 1540. The van der Waals surface area contributed by atoms with Crippen LogP contribution in [0, 0.1) is 0 Å². The molecule has 0 spiro atoms. The van der Waals surface area contributed by atoms with E-state index >= 15 is 0 Å². The van der Waals surface area contributed by atoms with Gasteiger partial charge in [0.2, 0.25) is 0 Å². The van der Waals surface area contributed by atoms with Crippen LogP contribution in [0.5, 0.6) is 11.5 Å². The van der Waals surface area contributed by atoms with Crippen LogP contribution in [0.25, 0.3) is 10.8 Å². The van der Waals surface area contributed by atoms with Gasteiger partial charge in [-0.15, -0.1) is 0 Å². The zero-order valence-corrected chi connectivity index (χ0v) is 21.7. The maximum Gasteiger partial charge on any atom is 0.282 e. The summed E-state index contributed by atoms with van der Waals surface area (Å²) < 4.78 is 12.6. The first-order chi connectivity index (χ1) is 18.0. The van der Waals surface area contributed by atoms with E-state index in [1.165, 1.54) is 17.3 Å². The molecule has 0 atom stereocenters. The summed E-state index contributed by atoms with van der Waals surface area (Å²) in [7, 11) is 0. The minimum absolute atomic E-state index is 0.387. The Kier molecular flexibility index (Phi) is 6.00. The maximum absolute atomic E-state index is 13.3. The summed E-state index contributed by atoms with van der Waals surface area (Å²) in [6, 6.07) is 21.1. The molecule has 1 aliphatic heterocycles. The molecule has 0 N–H and O–H groups in total. The highest BCUT2D eigenvalue weighted by molar-refractivity contribution is 9.10. The second-order valence-electron chi connectivity index (χ2n) is 9.00. The average molecular weight is 555 g/mol. The number of rotatable bonds is 7. The van der Waals surface area contributed by atoms with E-state index in [1.807, 2.05) is 67.6 Å². The van der Waals surface area contributed by atoms with E-state index in [1.54, 1.807) is 6.07 Å². The largest absolute Gasteiger partial charge is 0.490 e. The van der Waals surface area contributed by atoms with Gasteiger partial charge in [0, 0.05) is 5.39 Å². The zero-order valence-electron chi connectivity index (χ0n) is 20.2. The van der Waals surface area contributed by atoms with Gasteiger partial charge >= 0.3 is 0 Å². The molecular weight excluding hydrogens is 532 g/mol. The summed E-state index contributed by atoms with van der Waals surface area (Å²) in [5.41, 5.74) is 5.09. The fourth-order valence-corrected chi connectivity index (χ4v) is 5.60. The Morgan fingerprint density at radius 3 is 2.22 bits per heavy atom. The molecule has 0 aromatic heterocycles. The number of carbonyl (C=O) groups is 2. The molecule has 2 aliphatic rings. The fourth-order valence-electron chi connectivity index (χ4n) is 5.03. The van der Waals surface area contributed by atoms with Crippen molar-refractivity contribution in [3.8, 4) is 11.5 Å². The summed E-state index contributed by atoms with van der Waals surface area (Å²) >= 11 is 3.58. The van der Waals surface area contributed by atoms with E-state index in [2.05, 4.69) is 21.0 Å². The van der Waals surface area contributed by atoms with E-state index in [0.29, 0.717) is 45.9 Å². The molecule has 4 aromatic rings. The Hall–Kier alpha value is -3.97. The van der Waals surface area contributed by atoms with Gasteiger partial charge in [-0.1, -0.05) is 42.5 Å². The lowest BCUT2D eigenvalue weighted by Gasteiger charge is -2.23. The topological polar surface area (TPSA) is 68.2 Å². The van der Waals surface area contributed by atoms with Gasteiger partial charge in [0.05, 0.1) is 28.4 Å². The minimum atomic E-state index is -0.420. The van der Waals surface area contributed by atoms with E-state index in [9.17, 15) is 9.59 Å². The summed E-state index contributed by atoms with van der Waals surface area (Å²) in [6.45, 7) is 2.73. The van der Waals surface area contributed by atoms with Crippen molar-refractivity contribution in [1.82, 2.24) is 5.01 Å². The molecule has 2 amide bonds. The smallest absolute Gasteiger partial charge is 0.282 e. The number of aryl methyl sites for hydroxylation is 2. The molecule has 0 bridgehead atoms. The van der Waals surface area contributed by atoms with Crippen molar-refractivity contribution < 1.29 is 19.1 Å². The number of hydrogen-bond acceptors (Lipinski definition) is 5. The van der Waals surface area contributed by atoms with Crippen LogP contribution in [0.15, 0.2) is 76.3 Å². The number of hydrazone groups is 1. The number of imide groups is 1. The predicted molar refractivity (Wildman–Crippen MR) is 146 cm³/mol. The van der Waals surface area contributed by atoms with Gasteiger partial charge in [0.1, 0.15) is 6.61 Å². The zero-order chi connectivity index (χ0) is 25.5. The lowest BCUT2D eigenvalue weighted by molar-refractivity contribution is 0.0616. The molecule has 7 heteroatoms. The molecule has 0 saturated carbocycles. The lowest BCUT2D eigenvalue weighted by atomic mass is 9.92. The minimum Gasteiger partial charge on any atom is -0.490 e. The van der Waals surface area contributed by atoms with Crippen LogP contribution >= 0.6 is 15.9 Å². The van der Waals surface area contributed by atoms with Crippen LogP contribution in [0.4, 0.5) is 0 Å². The summed E-state index contributed by atoms with van der Waals surface area (Å²) in [5, 5.41) is 7.08. The molecule has 184 valence electrons. The Balaban J connectivity index is 1.30. The van der Waals surface area contributed by atoms with Crippen LogP contribution in [0.1, 0.15) is 49.9 Å². The van der Waals surface area contributed by atoms with Crippen molar-refractivity contribution in [2.24, 2.45) is 5.10 Å². The second-order valence-corrected chi connectivity index (χ2v) is 9.85. The predicted octanol–water partition coefficient (Wildman–Crippen LogP) is 6.31. The highest BCUT2D eigenvalue weighted by atomic mass is 79.9. The third-order valence-electron chi connectivity index (χ3n) is 6.72. The summed E-state index contributed by atoms with van der Waals surface area (Å²) in [4.78, 5) is 26.7. The van der Waals surface area contributed by atoms with Crippen LogP contribution in [0.2, 0.25) is 0 Å². The van der Waals surface area contributed by atoms with Gasteiger partial charge in [0.15, 0.2) is 11.5 Å². The Morgan fingerprint density at radius 1 is 0.892 bits per heavy atom. The second kappa shape index (κ2) is 9.48. The summed E-state index contributed by atoms with van der Waals surface area (Å²) in [6.07, 6.45) is 3.36. The highest BCUT2D eigenvalue weighted by Crippen LogP contribution is 2.39. The molecule has 0 fully saturated rings. The number of amides is 2. The van der Waals surface area contributed by atoms with E-state index in [-0.39, 0.29) is 0 Å². The number of carbonyl (C=O) groups excluding carboxylic acids is 2. The fraction of sp³-hybridized carbons (Fsp3) is 0.167. The molecule has 4 aromatic carbocycles. The van der Waals surface area contributed by atoms with Gasteiger partial charge in [0.25, 0.3) is 11.8 Å². The molecule has 0 saturated heterocycles. The number of ether oxygens (including phenoxy) is 2. The van der Waals surface area contributed by atoms with Crippen molar-refractivity contribution in [3.05, 3.63) is 105 Å². The Labute approximate surface area is 222 Å². The first-order valence-corrected chi connectivity index (χ1v) is 13.0. The lowest BCUT2D eigenvalue weighted by Crippen LogP contribution is -2.36. The standard InChI is InChI=1S/C30H23BrN2O4/c1-2-36-25-15-19(14-24(31)28(25)37-17-18-6-4-3-5-7-18)16-32-33-29(34)22-12-10-20-8-9-21-11-13-23(30(33)35)27(22)26(20)21/h3-7,10-16H,2,8-9,17H2,1H3/b32-16-. The third kappa shape index (κ3) is 4.09. The van der Waals surface area contributed by atoms with Crippen LogP contribution < -0.4 is 9.47 Å². The molecule has 6 nitrogen and oxygen atoms in total. The highest BCUT2D eigenvalue weighted by Gasteiger charge is 2.35. The van der Waals surface area contributed by atoms with Gasteiger partial charge in [-0.3, -0.25) is 9.59 Å². The van der Waals surface area contributed by atoms with E-state index in [4.69, 9.17) is 9.47 Å². The van der Waals surface area contributed by atoms with Crippen molar-refractivity contribution in [2.75, 3.05) is 6.61 Å². The molecule has 1 heterocycles. The van der Waals surface area contributed by atoms with Gasteiger partial charge in [-0.2, -0.15) is 10.1 Å². The number of nitrogens with zero attached hydrogens (tertiary/aromatic N) is 2. The Morgan fingerprint density at radius 2 is 1.57 bits per heavy atom. The number of hydrogen-bond donors (Lipinski definition) is 0. The number of halogens is 1. The van der Waals surface area contributed by atoms with Crippen molar-refractivity contribution in [3.63, 3.8) is 0 Å². The van der Waals surface area contributed by atoms with Gasteiger partial charge < -0.3 is 9.47 Å². The quantitative estimate of drug-likeness (QED) is 0.198. The SMILES string of the molecule is CCOc1cc(/C=N\N2C(=O)c3ccc4c5c(ccc(c35)C2=O)CC4)cc(Br)c1OCc1ccccc1. The average Bonchev–Trinajstić information content (AvgIpc) is 3.33. The molecular formula is C30H23BrN2O4. The normalized spacial score (nSPS) is 14.2. The molecule has 1 aliphatic carbocycles. The van der Waals surface area contributed by atoms with Crippen molar-refractivity contribution >= 4 is 44.7 Å². The maximum atomic E-state index is 13.3. The molecule has 0 unspecified atom stereocenters. The van der Waals surface area contributed by atoms with E-state index < -0.39 is 11.8 Å². The van der Waals surface area contributed by atoms with E-state index in [0.717, 1.165) is 34.2 Å². The molecule has 0 radical (unpaired) electrons. The van der Waals surface area contributed by atoms with Crippen LogP contribution in [0.3, 0.4) is 0 Å². The first-order valence-electron chi connectivity index (χ1n) is 12.2. The summed E-state index contributed by atoms with van der Waals surface area (Å²) in [5.74, 6) is 0.275. The van der Waals surface area contributed by atoms with Gasteiger partial charge in [-0.25, -0.2) is 0 Å². The monoisotopic (exact) mass is 554 g/mol. The third-order valence-corrected chi connectivity index (χ3v) is 7.31. The van der Waals surface area contributed by atoms with Crippen LogP contribution in [-0.2, 0) is 19.4 Å². The first kappa shape index (κ1) is 23.4. The van der Waals surface area contributed by atoms with Gasteiger partial charge in [-0.05, 0) is 87.6 Å².